The standard InChI is InChI=1S/C37H25F3N2O3S2/c38-37(39,40)47(43,44)45-31-24-33(42(28-17-9-3-10-18-28)29-19-11-4-12-20-29)36-32-23-30(21-22-34(32)46-35(36)25-31)41(26-13-5-1-6-14-26)27-15-7-2-8-16-27/h1-25H. The third kappa shape index (κ3) is 5.89. The van der Waals surface area contributed by atoms with Crippen molar-refractivity contribution in [1.29, 1.82) is 0 Å². The van der Waals surface area contributed by atoms with Crippen LogP contribution in [0.15, 0.2) is 152 Å². The van der Waals surface area contributed by atoms with Gasteiger partial charge >= 0.3 is 15.6 Å². The third-order valence-corrected chi connectivity index (χ3v) is 9.65. The molecule has 10 heteroatoms. The number of anilines is 6. The minimum absolute atomic E-state index is 0.441. The van der Waals surface area contributed by atoms with Crippen LogP contribution in [0, 0.1) is 0 Å². The van der Waals surface area contributed by atoms with E-state index in [0.717, 1.165) is 43.9 Å². The summed E-state index contributed by atoms with van der Waals surface area (Å²) in [6.07, 6.45) is 0. The maximum Gasteiger partial charge on any atom is 0.534 e. The van der Waals surface area contributed by atoms with Crippen LogP contribution in [0.5, 0.6) is 5.75 Å². The van der Waals surface area contributed by atoms with Gasteiger partial charge in [-0.25, -0.2) is 0 Å². The molecule has 7 rings (SSSR count). The van der Waals surface area contributed by atoms with E-state index in [1.54, 1.807) is 0 Å². The van der Waals surface area contributed by atoms with E-state index in [1.165, 1.54) is 23.5 Å². The molecule has 6 aromatic carbocycles. The molecule has 0 atom stereocenters. The van der Waals surface area contributed by atoms with Crippen molar-refractivity contribution in [2.24, 2.45) is 0 Å². The van der Waals surface area contributed by atoms with Crippen molar-refractivity contribution in [3.8, 4) is 5.75 Å². The summed E-state index contributed by atoms with van der Waals surface area (Å²) in [5, 5.41) is 1.58. The van der Waals surface area contributed by atoms with Crippen molar-refractivity contribution in [3.63, 3.8) is 0 Å². The number of nitrogens with zero attached hydrogens (tertiary/aromatic N) is 2. The summed E-state index contributed by atoms with van der Waals surface area (Å²) >= 11 is 1.34. The van der Waals surface area contributed by atoms with Crippen LogP contribution >= 0.6 is 11.3 Å². The van der Waals surface area contributed by atoms with Gasteiger partial charge in [-0.2, -0.15) is 21.6 Å². The monoisotopic (exact) mass is 666 g/mol. The lowest BCUT2D eigenvalue weighted by Gasteiger charge is -2.27. The van der Waals surface area contributed by atoms with Gasteiger partial charge < -0.3 is 14.0 Å². The quantitative estimate of drug-likeness (QED) is 0.119. The number of para-hydroxylation sites is 4. The molecule has 0 spiro atoms. The van der Waals surface area contributed by atoms with Gasteiger partial charge in [-0.3, -0.25) is 0 Å². The highest BCUT2D eigenvalue weighted by atomic mass is 32.2. The number of hydrogen-bond donors (Lipinski definition) is 0. The number of benzene rings is 6. The Labute approximate surface area is 273 Å². The first kappa shape index (κ1) is 30.3. The summed E-state index contributed by atoms with van der Waals surface area (Å²) in [5.41, 5.74) is -0.924. The Balaban J connectivity index is 1.52. The molecule has 0 unspecified atom stereocenters. The smallest absolute Gasteiger partial charge is 0.376 e. The Morgan fingerprint density at radius 3 is 1.47 bits per heavy atom. The molecule has 0 amide bonds. The molecule has 1 aromatic heterocycles. The van der Waals surface area contributed by atoms with E-state index in [2.05, 4.69) is 11.0 Å². The fourth-order valence-corrected chi connectivity index (χ4v) is 7.15. The molecule has 1 heterocycles. The summed E-state index contributed by atoms with van der Waals surface area (Å²) < 4.78 is 70.9. The lowest BCUT2D eigenvalue weighted by molar-refractivity contribution is -0.0500. The summed E-state index contributed by atoms with van der Waals surface area (Å²) in [6.45, 7) is 0. The average Bonchev–Trinajstić information content (AvgIpc) is 3.44. The van der Waals surface area contributed by atoms with E-state index in [1.807, 2.05) is 138 Å². The minimum Gasteiger partial charge on any atom is -0.376 e. The predicted molar refractivity (Wildman–Crippen MR) is 184 cm³/mol. The molecular formula is C37H25F3N2O3S2. The molecule has 0 bridgehead atoms. The van der Waals surface area contributed by atoms with Crippen LogP contribution in [0.25, 0.3) is 20.2 Å². The van der Waals surface area contributed by atoms with Crippen molar-refractivity contribution in [1.82, 2.24) is 0 Å². The van der Waals surface area contributed by atoms with E-state index in [9.17, 15) is 21.6 Å². The van der Waals surface area contributed by atoms with E-state index in [4.69, 9.17) is 4.18 Å². The molecule has 0 saturated heterocycles. The molecule has 0 aliphatic heterocycles. The van der Waals surface area contributed by atoms with Crippen LogP contribution in [-0.2, 0) is 10.1 Å². The predicted octanol–water partition coefficient (Wildman–Crippen LogP) is 11.2. The highest BCUT2D eigenvalue weighted by Gasteiger charge is 2.48. The number of fused-ring (bicyclic) bond motifs is 3. The normalized spacial score (nSPS) is 11.9. The average molecular weight is 667 g/mol. The molecule has 47 heavy (non-hydrogen) atoms. The SMILES string of the molecule is O=S(=O)(Oc1cc(N(c2ccccc2)c2ccccc2)c2c(c1)sc1ccc(N(c3ccccc3)c3ccccc3)cc12)C(F)(F)F. The van der Waals surface area contributed by atoms with Crippen molar-refractivity contribution >= 4 is 75.8 Å². The zero-order valence-corrected chi connectivity index (χ0v) is 26.1. The molecule has 5 nitrogen and oxygen atoms in total. The minimum atomic E-state index is -5.92. The van der Waals surface area contributed by atoms with Crippen LogP contribution in [0.4, 0.5) is 47.3 Å². The largest absolute Gasteiger partial charge is 0.534 e. The Morgan fingerprint density at radius 2 is 1.00 bits per heavy atom. The molecule has 0 aliphatic rings. The van der Waals surface area contributed by atoms with Crippen molar-refractivity contribution in [2.45, 2.75) is 5.51 Å². The Kier molecular flexibility index (Phi) is 7.83. The van der Waals surface area contributed by atoms with E-state index >= 15 is 0 Å². The van der Waals surface area contributed by atoms with Crippen LogP contribution in [0.3, 0.4) is 0 Å². The van der Waals surface area contributed by atoms with Gasteiger partial charge in [0.15, 0.2) is 0 Å². The van der Waals surface area contributed by atoms with Crippen LogP contribution in [-0.4, -0.2) is 13.9 Å². The van der Waals surface area contributed by atoms with Gasteiger partial charge in [-0.1, -0.05) is 72.8 Å². The lowest BCUT2D eigenvalue weighted by Crippen LogP contribution is -2.28. The summed E-state index contributed by atoms with van der Waals surface area (Å²) in [4.78, 5) is 4.02. The number of hydrogen-bond acceptors (Lipinski definition) is 6. The van der Waals surface area contributed by atoms with E-state index in [-0.39, 0.29) is 0 Å². The molecule has 0 radical (unpaired) electrons. The Bertz CT molecular complexity index is 2200. The van der Waals surface area contributed by atoms with Gasteiger partial charge in [-0.05, 0) is 72.8 Å². The highest BCUT2D eigenvalue weighted by molar-refractivity contribution is 7.88. The number of thiophene rings is 1. The molecule has 0 aliphatic carbocycles. The lowest BCUT2D eigenvalue weighted by atomic mass is 10.1. The molecule has 0 N–H and O–H groups in total. The highest BCUT2D eigenvalue weighted by Crippen LogP contribution is 2.49. The second kappa shape index (κ2) is 12.1. The molecular weight excluding hydrogens is 642 g/mol. The van der Waals surface area contributed by atoms with Crippen LogP contribution in [0.1, 0.15) is 0 Å². The fourth-order valence-electron chi connectivity index (χ4n) is 5.57. The Hall–Kier alpha value is -5.32. The number of alkyl halides is 3. The summed E-state index contributed by atoms with van der Waals surface area (Å²) in [7, 11) is -5.92. The van der Waals surface area contributed by atoms with Gasteiger partial charge in [-0.15, -0.1) is 11.3 Å². The number of halogens is 3. The van der Waals surface area contributed by atoms with Gasteiger partial charge in [0.1, 0.15) is 5.75 Å². The van der Waals surface area contributed by atoms with Crippen LogP contribution < -0.4 is 14.0 Å². The van der Waals surface area contributed by atoms with Gasteiger partial charge in [0.25, 0.3) is 0 Å². The van der Waals surface area contributed by atoms with E-state index < -0.39 is 21.4 Å². The van der Waals surface area contributed by atoms with Gasteiger partial charge in [0.2, 0.25) is 0 Å². The first-order valence-electron chi connectivity index (χ1n) is 14.5. The van der Waals surface area contributed by atoms with E-state index in [0.29, 0.717) is 10.4 Å². The topological polar surface area (TPSA) is 49.9 Å². The molecule has 7 aromatic rings. The second-order valence-electron chi connectivity index (χ2n) is 10.6. The van der Waals surface area contributed by atoms with Gasteiger partial charge in [0, 0.05) is 54.7 Å². The van der Waals surface area contributed by atoms with Gasteiger partial charge in [0.05, 0.1) is 5.69 Å². The zero-order chi connectivity index (χ0) is 32.6. The van der Waals surface area contributed by atoms with Crippen LogP contribution in [0.2, 0.25) is 0 Å². The van der Waals surface area contributed by atoms with Crippen molar-refractivity contribution in [3.05, 3.63) is 152 Å². The third-order valence-electron chi connectivity index (χ3n) is 7.55. The first-order chi connectivity index (χ1) is 22.7. The maximum atomic E-state index is 13.5. The molecule has 0 fully saturated rings. The summed E-state index contributed by atoms with van der Waals surface area (Å²) in [5.74, 6) is -0.441. The second-order valence-corrected chi connectivity index (χ2v) is 13.2. The van der Waals surface area contributed by atoms with Crippen molar-refractivity contribution in [2.75, 3.05) is 9.80 Å². The fraction of sp³-hybridized carbons (Fsp3) is 0.0270. The maximum absolute atomic E-state index is 13.5. The molecule has 0 saturated carbocycles. The Morgan fingerprint density at radius 1 is 0.532 bits per heavy atom. The first-order valence-corrected chi connectivity index (χ1v) is 16.7. The number of rotatable bonds is 8. The molecule has 234 valence electrons. The van der Waals surface area contributed by atoms with Crippen molar-refractivity contribution < 1.29 is 25.8 Å². The zero-order valence-electron chi connectivity index (χ0n) is 24.5. The summed E-state index contributed by atoms with van der Waals surface area (Å²) in [6, 6.07) is 47.3.